The highest BCUT2D eigenvalue weighted by atomic mass is 16.5. The second kappa shape index (κ2) is 8.98. The van der Waals surface area contributed by atoms with Crippen LogP contribution in [0.3, 0.4) is 0 Å². The summed E-state index contributed by atoms with van der Waals surface area (Å²) in [4.78, 5) is 31.1. The van der Waals surface area contributed by atoms with Crippen molar-refractivity contribution >= 4 is 22.5 Å². The number of methoxy groups -OCH3 is 2. The molecule has 6 nitrogen and oxygen atoms in total. The molecule has 0 saturated heterocycles. The van der Waals surface area contributed by atoms with Crippen molar-refractivity contribution in [2.24, 2.45) is 0 Å². The second-order valence-corrected chi connectivity index (χ2v) is 7.48. The van der Waals surface area contributed by atoms with E-state index in [0.29, 0.717) is 28.3 Å². The fraction of sp³-hybridized carbons (Fsp3) is 0.154. The van der Waals surface area contributed by atoms with Crippen LogP contribution in [0.25, 0.3) is 10.9 Å². The lowest BCUT2D eigenvalue weighted by atomic mass is 10.1. The number of rotatable bonds is 6. The topological polar surface area (TPSA) is 71.6 Å². The lowest BCUT2D eigenvalue weighted by Crippen LogP contribution is -2.33. The van der Waals surface area contributed by atoms with E-state index in [-0.39, 0.29) is 18.0 Å². The first kappa shape index (κ1) is 21.2. The van der Waals surface area contributed by atoms with Crippen LogP contribution in [-0.4, -0.2) is 25.1 Å². The van der Waals surface area contributed by atoms with Gasteiger partial charge in [-0.1, -0.05) is 36.4 Å². The average Bonchev–Trinajstić information content (AvgIpc) is 2.82. The molecule has 6 heteroatoms. The molecule has 1 heterocycles. The smallest absolute Gasteiger partial charge is 0.262 e. The molecular formula is C26H24N2O4. The zero-order chi connectivity index (χ0) is 22.7. The van der Waals surface area contributed by atoms with Gasteiger partial charge in [0, 0.05) is 11.1 Å². The summed E-state index contributed by atoms with van der Waals surface area (Å²) in [6, 6.07) is 22.0. The van der Waals surface area contributed by atoms with Gasteiger partial charge in [-0.25, -0.2) is 0 Å². The molecule has 0 saturated carbocycles. The number of aromatic amines is 1. The Morgan fingerprint density at radius 2 is 1.59 bits per heavy atom. The largest absolute Gasteiger partial charge is 0.496 e. The molecule has 0 spiro atoms. The summed E-state index contributed by atoms with van der Waals surface area (Å²) in [5.74, 6) is 0.694. The lowest BCUT2D eigenvalue weighted by molar-refractivity contribution is 0.0981. The van der Waals surface area contributed by atoms with Crippen molar-refractivity contribution in [2.45, 2.75) is 13.5 Å². The van der Waals surface area contributed by atoms with Crippen LogP contribution >= 0.6 is 0 Å². The maximum atomic E-state index is 13.7. The summed E-state index contributed by atoms with van der Waals surface area (Å²) in [5, 5.41) is 0.898. The standard InChI is InChI=1S/C26H24N2O4/c1-17-12-13-18-15-19(25(29)27-21(18)14-17)16-28(22-9-5-7-11-24(22)32-3)26(30)20-8-4-6-10-23(20)31-2/h4-15H,16H2,1-3H3,(H,27,29). The van der Waals surface area contributed by atoms with Gasteiger partial charge in [-0.15, -0.1) is 0 Å². The van der Waals surface area contributed by atoms with Crippen molar-refractivity contribution in [1.82, 2.24) is 4.98 Å². The Bertz CT molecular complexity index is 1340. The van der Waals surface area contributed by atoms with E-state index in [0.717, 1.165) is 16.5 Å². The number of anilines is 1. The van der Waals surface area contributed by atoms with Crippen molar-refractivity contribution in [2.75, 3.05) is 19.1 Å². The molecule has 0 aliphatic heterocycles. The van der Waals surface area contributed by atoms with E-state index in [1.54, 1.807) is 48.4 Å². The van der Waals surface area contributed by atoms with Gasteiger partial charge in [-0.3, -0.25) is 9.59 Å². The summed E-state index contributed by atoms with van der Waals surface area (Å²) in [5.41, 5.74) is 3.01. The van der Waals surface area contributed by atoms with Gasteiger partial charge in [0.15, 0.2) is 0 Å². The van der Waals surface area contributed by atoms with E-state index < -0.39 is 0 Å². The second-order valence-electron chi connectivity index (χ2n) is 7.48. The number of pyridine rings is 1. The van der Waals surface area contributed by atoms with Crippen LogP contribution < -0.4 is 19.9 Å². The third-order valence-electron chi connectivity index (χ3n) is 5.37. The number of aromatic nitrogens is 1. The van der Waals surface area contributed by atoms with Crippen LogP contribution in [0.15, 0.2) is 77.6 Å². The van der Waals surface area contributed by atoms with Crippen LogP contribution in [0.4, 0.5) is 5.69 Å². The van der Waals surface area contributed by atoms with Gasteiger partial charge >= 0.3 is 0 Å². The minimum absolute atomic E-state index is 0.0659. The molecule has 0 atom stereocenters. The summed E-state index contributed by atoms with van der Waals surface area (Å²) < 4.78 is 10.9. The molecule has 0 aliphatic rings. The Balaban J connectivity index is 1.84. The number of carbonyl (C=O) groups is 1. The van der Waals surface area contributed by atoms with Crippen molar-refractivity contribution in [3.05, 3.63) is 99.8 Å². The summed E-state index contributed by atoms with van der Waals surface area (Å²) in [7, 11) is 3.07. The predicted molar refractivity (Wildman–Crippen MR) is 126 cm³/mol. The quantitative estimate of drug-likeness (QED) is 0.483. The molecule has 1 N–H and O–H groups in total. The number of aryl methyl sites for hydroxylation is 1. The van der Waals surface area contributed by atoms with Gasteiger partial charge in [0.1, 0.15) is 11.5 Å². The van der Waals surface area contributed by atoms with E-state index in [2.05, 4.69) is 4.98 Å². The van der Waals surface area contributed by atoms with Gasteiger partial charge in [-0.05, 0) is 54.3 Å². The van der Waals surface area contributed by atoms with Gasteiger partial charge in [0.2, 0.25) is 0 Å². The maximum absolute atomic E-state index is 13.7. The number of nitrogens with one attached hydrogen (secondary N) is 1. The number of hydrogen-bond acceptors (Lipinski definition) is 4. The molecule has 162 valence electrons. The third kappa shape index (κ3) is 4.07. The number of amides is 1. The predicted octanol–water partition coefficient (Wildman–Crippen LogP) is 4.70. The van der Waals surface area contributed by atoms with E-state index in [1.165, 1.54) is 7.11 Å². The summed E-state index contributed by atoms with van der Waals surface area (Å²) in [6.07, 6.45) is 0. The first-order valence-electron chi connectivity index (χ1n) is 10.2. The number of nitrogens with zero attached hydrogens (tertiary/aromatic N) is 1. The molecule has 4 rings (SSSR count). The highest BCUT2D eigenvalue weighted by Gasteiger charge is 2.24. The van der Waals surface area contributed by atoms with Crippen LogP contribution in [0.2, 0.25) is 0 Å². The molecule has 1 aromatic heterocycles. The van der Waals surface area contributed by atoms with Crippen molar-refractivity contribution < 1.29 is 14.3 Å². The van der Waals surface area contributed by atoms with Crippen molar-refractivity contribution in [3.8, 4) is 11.5 Å². The zero-order valence-electron chi connectivity index (χ0n) is 18.2. The Labute approximate surface area is 186 Å². The molecule has 3 aromatic carbocycles. The van der Waals surface area contributed by atoms with Crippen LogP contribution in [0.1, 0.15) is 21.5 Å². The average molecular weight is 428 g/mol. The molecule has 32 heavy (non-hydrogen) atoms. The van der Waals surface area contributed by atoms with Gasteiger partial charge < -0.3 is 19.4 Å². The normalized spacial score (nSPS) is 10.7. The Kier molecular flexibility index (Phi) is 5.94. The highest BCUT2D eigenvalue weighted by molar-refractivity contribution is 6.08. The molecule has 0 bridgehead atoms. The van der Waals surface area contributed by atoms with Gasteiger partial charge in [0.05, 0.1) is 32.0 Å². The number of hydrogen-bond donors (Lipinski definition) is 1. The number of benzene rings is 3. The first-order chi connectivity index (χ1) is 15.5. The fourth-order valence-electron chi connectivity index (χ4n) is 3.73. The zero-order valence-corrected chi connectivity index (χ0v) is 18.2. The lowest BCUT2D eigenvalue weighted by Gasteiger charge is -2.25. The maximum Gasteiger partial charge on any atom is 0.262 e. The Morgan fingerprint density at radius 3 is 2.34 bits per heavy atom. The molecule has 0 unspecified atom stereocenters. The number of ether oxygens (including phenoxy) is 2. The third-order valence-corrected chi connectivity index (χ3v) is 5.37. The van der Waals surface area contributed by atoms with E-state index in [4.69, 9.17) is 9.47 Å². The molecule has 0 fully saturated rings. The SMILES string of the molecule is COc1ccccc1C(=O)N(Cc1cc2ccc(C)cc2[nH]c1=O)c1ccccc1OC. The summed E-state index contributed by atoms with van der Waals surface area (Å²) in [6.45, 7) is 2.04. The number of carbonyl (C=O) groups excluding carboxylic acids is 1. The number of H-pyrrole nitrogens is 1. The van der Waals surface area contributed by atoms with Crippen LogP contribution in [0, 0.1) is 6.92 Å². The Hall–Kier alpha value is -4.06. The summed E-state index contributed by atoms with van der Waals surface area (Å²) >= 11 is 0. The van der Waals surface area contributed by atoms with E-state index in [1.807, 2.05) is 43.3 Å². The first-order valence-corrected chi connectivity index (χ1v) is 10.2. The minimum Gasteiger partial charge on any atom is -0.496 e. The molecule has 1 amide bonds. The fourth-order valence-corrected chi connectivity index (χ4v) is 3.73. The van der Waals surface area contributed by atoms with Gasteiger partial charge in [0.25, 0.3) is 11.5 Å². The molecule has 0 radical (unpaired) electrons. The Morgan fingerprint density at radius 1 is 0.906 bits per heavy atom. The monoisotopic (exact) mass is 428 g/mol. The molecular weight excluding hydrogens is 404 g/mol. The van der Waals surface area contributed by atoms with E-state index in [9.17, 15) is 9.59 Å². The van der Waals surface area contributed by atoms with Crippen molar-refractivity contribution in [1.29, 1.82) is 0 Å². The number of fused-ring (bicyclic) bond motifs is 1. The number of para-hydroxylation sites is 3. The van der Waals surface area contributed by atoms with Crippen LogP contribution in [0.5, 0.6) is 11.5 Å². The van der Waals surface area contributed by atoms with Gasteiger partial charge in [-0.2, -0.15) is 0 Å². The van der Waals surface area contributed by atoms with E-state index >= 15 is 0 Å². The van der Waals surface area contributed by atoms with Crippen molar-refractivity contribution in [3.63, 3.8) is 0 Å². The minimum atomic E-state index is -0.296. The highest BCUT2D eigenvalue weighted by Crippen LogP contribution is 2.32. The molecule has 4 aromatic rings. The van der Waals surface area contributed by atoms with Crippen LogP contribution in [-0.2, 0) is 6.54 Å². The molecule has 0 aliphatic carbocycles.